The fourth-order valence-corrected chi connectivity index (χ4v) is 2.37. The third-order valence-electron chi connectivity index (χ3n) is 3.86. The molecule has 0 unspecified atom stereocenters. The lowest BCUT2D eigenvalue weighted by Gasteiger charge is -2.16. The fourth-order valence-electron chi connectivity index (χ4n) is 2.37. The molecule has 3 rings (SSSR count). The Morgan fingerprint density at radius 1 is 0.968 bits per heavy atom. The van der Waals surface area contributed by atoms with E-state index in [1.54, 1.807) is 0 Å². The Morgan fingerprint density at radius 3 is 2.16 bits per heavy atom. The predicted molar refractivity (Wildman–Crippen MR) is 102 cm³/mol. The highest BCUT2D eigenvalue weighted by Gasteiger charge is 2.23. The molecule has 1 amide bonds. The molecule has 13 heteroatoms. The third-order valence-corrected chi connectivity index (χ3v) is 3.86. The van der Waals surface area contributed by atoms with Crippen LogP contribution in [-0.2, 0) is 0 Å². The van der Waals surface area contributed by atoms with Gasteiger partial charge in [-0.15, -0.1) is 5.11 Å². The number of carbonyl (C=O) groups is 1. The first-order valence-corrected chi connectivity index (χ1v) is 8.32. The minimum Gasteiger partial charge on any atom is -0.267 e. The van der Waals surface area contributed by atoms with E-state index in [1.807, 2.05) is 0 Å². The van der Waals surface area contributed by atoms with E-state index < -0.39 is 50.1 Å². The van der Waals surface area contributed by atoms with Gasteiger partial charge in [0.15, 0.2) is 11.6 Å². The van der Waals surface area contributed by atoms with Crippen molar-refractivity contribution in [3.05, 3.63) is 98.4 Å². The lowest BCUT2D eigenvalue weighted by Crippen LogP contribution is -2.26. The molecule has 0 fully saturated rings. The van der Waals surface area contributed by atoms with Crippen molar-refractivity contribution in [1.82, 2.24) is 4.98 Å². The lowest BCUT2D eigenvalue weighted by molar-refractivity contribution is -0.385. The second-order valence-corrected chi connectivity index (χ2v) is 5.83. The van der Waals surface area contributed by atoms with Gasteiger partial charge >= 0.3 is 0 Å². The van der Waals surface area contributed by atoms with E-state index in [-0.39, 0.29) is 5.56 Å². The van der Waals surface area contributed by atoms with E-state index in [9.17, 15) is 33.8 Å². The molecule has 0 spiro atoms. The zero-order valence-electron chi connectivity index (χ0n) is 15.3. The molecule has 1 aromatic heterocycles. The standard InChI is InChI=1S/C18H10F2N6O5/c19-14-8-12(25(28)29)3-5-16(14)22-23-24(18(27)11-2-1-7-21-10-11)17-6-4-13(26(30)31)9-15(17)20/h1-10H. The Morgan fingerprint density at radius 2 is 1.61 bits per heavy atom. The van der Waals surface area contributed by atoms with Crippen LogP contribution in [0.25, 0.3) is 0 Å². The normalized spacial score (nSPS) is 10.8. The number of anilines is 1. The van der Waals surface area contributed by atoms with Crippen LogP contribution in [0.1, 0.15) is 10.4 Å². The van der Waals surface area contributed by atoms with Crippen molar-refractivity contribution >= 4 is 28.7 Å². The number of nitro benzene ring substituents is 2. The first kappa shape index (κ1) is 21.0. The molecule has 0 radical (unpaired) electrons. The van der Waals surface area contributed by atoms with Crippen molar-refractivity contribution < 1.29 is 23.4 Å². The quantitative estimate of drug-likeness (QED) is 0.321. The number of non-ortho nitro benzene ring substituents is 2. The van der Waals surface area contributed by atoms with E-state index in [0.29, 0.717) is 17.1 Å². The highest BCUT2D eigenvalue weighted by atomic mass is 19.1. The first-order chi connectivity index (χ1) is 14.8. The minimum absolute atomic E-state index is 0.0247. The Kier molecular flexibility index (Phi) is 5.95. The summed E-state index contributed by atoms with van der Waals surface area (Å²) in [6.45, 7) is 0. The van der Waals surface area contributed by atoms with Crippen LogP contribution in [0.15, 0.2) is 71.3 Å². The molecule has 156 valence electrons. The largest absolute Gasteiger partial charge is 0.281 e. The van der Waals surface area contributed by atoms with E-state index in [0.717, 1.165) is 24.3 Å². The third kappa shape index (κ3) is 4.67. The zero-order chi connectivity index (χ0) is 22.5. The molecule has 2 aromatic carbocycles. The van der Waals surface area contributed by atoms with Crippen molar-refractivity contribution in [2.24, 2.45) is 10.3 Å². The summed E-state index contributed by atoms with van der Waals surface area (Å²) >= 11 is 0. The molecule has 0 aliphatic heterocycles. The summed E-state index contributed by atoms with van der Waals surface area (Å²) in [5, 5.41) is 29.1. The van der Waals surface area contributed by atoms with E-state index in [2.05, 4.69) is 15.3 Å². The summed E-state index contributed by atoms with van der Waals surface area (Å²) in [7, 11) is 0. The van der Waals surface area contributed by atoms with Gasteiger partial charge in [0, 0.05) is 24.5 Å². The summed E-state index contributed by atoms with van der Waals surface area (Å²) in [5.41, 5.74) is -2.07. The van der Waals surface area contributed by atoms with Crippen LogP contribution in [0.5, 0.6) is 0 Å². The van der Waals surface area contributed by atoms with Crippen molar-refractivity contribution in [3.8, 4) is 0 Å². The Hall–Kier alpha value is -4.68. The number of rotatable bonds is 6. The number of nitro groups is 2. The second-order valence-electron chi connectivity index (χ2n) is 5.83. The molecule has 3 aromatic rings. The number of amides is 1. The summed E-state index contributed by atoms with van der Waals surface area (Å²) in [5.74, 6) is -3.17. The van der Waals surface area contributed by atoms with Crippen LogP contribution in [0.3, 0.4) is 0 Å². The van der Waals surface area contributed by atoms with E-state index in [1.165, 1.54) is 24.5 Å². The van der Waals surface area contributed by atoms with Crippen LogP contribution < -0.4 is 5.01 Å². The average Bonchev–Trinajstić information content (AvgIpc) is 2.75. The van der Waals surface area contributed by atoms with Gasteiger partial charge in [-0.2, -0.15) is 5.01 Å². The predicted octanol–water partition coefficient (Wildman–Crippen LogP) is 4.52. The van der Waals surface area contributed by atoms with Crippen LogP contribution in [0, 0.1) is 31.9 Å². The Bertz CT molecular complexity index is 1210. The minimum atomic E-state index is -1.16. The van der Waals surface area contributed by atoms with E-state index >= 15 is 0 Å². The fraction of sp³-hybridized carbons (Fsp3) is 0. The number of hydrogen-bond donors (Lipinski definition) is 0. The van der Waals surface area contributed by atoms with Crippen molar-refractivity contribution in [3.63, 3.8) is 0 Å². The summed E-state index contributed by atoms with van der Waals surface area (Å²) < 4.78 is 28.6. The van der Waals surface area contributed by atoms with Gasteiger partial charge in [-0.05, 0) is 24.3 Å². The molecule has 0 bridgehead atoms. The van der Waals surface area contributed by atoms with Crippen molar-refractivity contribution in [2.45, 2.75) is 0 Å². The van der Waals surface area contributed by atoms with Gasteiger partial charge < -0.3 is 0 Å². The highest BCUT2D eigenvalue weighted by molar-refractivity contribution is 6.05. The molecule has 0 saturated heterocycles. The maximum atomic E-state index is 14.5. The maximum absolute atomic E-state index is 14.5. The summed E-state index contributed by atoms with van der Waals surface area (Å²) in [6.07, 6.45) is 2.56. The second kappa shape index (κ2) is 8.77. The highest BCUT2D eigenvalue weighted by Crippen LogP contribution is 2.28. The van der Waals surface area contributed by atoms with Gasteiger partial charge in [-0.25, -0.2) is 8.78 Å². The molecule has 0 saturated carbocycles. The molecule has 11 nitrogen and oxygen atoms in total. The molecule has 0 atom stereocenters. The average molecular weight is 428 g/mol. The smallest absolute Gasteiger partial charge is 0.267 e. The Balaban J connectivity index is 2.05. The van der Waals surface area contributed by atoms with E-state index in [4.69, 9.17) is 0 Å². The molecule has 0 N–H and O–H groups in total. The molecule has 1 heterocycles. The molecular formula is C18H10F2N6O5. The number of pyridine rings is 1. The van der Waals surface area contributed by atoms with Gasteiger partial charge in [0.2, 0.25) is 0 Å². The topological polar surface area (TPSA) is 144 Å². The summed E-state index contributed by atoms with van der Waals surface area (Å²) in [4.78, 5) is 36.5. The van der Waals surface area contributed by atoms with Gasteiger partial charge in [0.05, 0.1) is 27.5 Å². The molecule has 0 aliphatic carbocycles. The van der Waals surface area contributed by atoms with Gasteiger partial charge in [0.25, 0.3) is 17.3 Å². The Labute approximate surface area is 171 Å². The molecule has 0 aliphatic rings. The number of aromatic nitrogens is 1. The van der Waals surface area contributed by atoms with Gasteiger partial charge in [0.1, 0.15) is 11.4 Å². The monoisotopic (exact) mass is 428 g/mol. The SMILES string of the molecule is O=C(c1cccnc1)N(N=Nc1ccc([N+](=O)[O-])cc1F)c1ccc([N+](=O)[O-])cc1F. The van der Waals surface area contributed by atoms with Crippen molar-refractivity contribution in [2.75, 3.05) is 5.01 Å². The van der Waals surface area contributed by atoms with Crippen LogP contribution >= 0.6 is 0 Å². The van der Waals surface area contributed by atoms with Crippen LogP contribution in [-0.4, -0.2) is 20.7 Å². The molecule has 31 heavy (non-hydrogen) atoms. The summed E-state index contributed by atoms with van der Waals surface area (Å²) in [6, 6.07) is 7.79. The zero-order valence-corrected chi connectivity index (χ0v) is 15.3. The van der Waals surface area contributed by atoms with Gasteiger partial charge in [-0.3, -0.25) is 30.0 Å². The van der Waals surface area contributed by atoms with Crippen LogP contribution in [0.4, 0.5) is 31.5 Å². The van der Waals surface area contributed by atoms with Gasteiger partial charge in [-0.1, -0.05) is 5.22 Å². The molecular weight excluding hydrogens is 418 g/mol. The maximum Gasteiger partial charge on any atom is 0.281 e. The van der Waals surface area contributed by atoms with Crippen molar-refractivity contribution in [1.29, 1.82) is 0 Å². The first-order valence-electron chi connectivity index (χ1n) is 8.32. The lowest BCUT2D eigenvalue weighted by atomic mass is 10.2. The number of halogens is 2. The number of carbonyl (C=O) groups excluding carboxylic acids is 1. The number of nitrogens with zero attached hydrogens (tertiary/aromatic N) is 6. The number of hydrogen-bond acceptors (Lipinski definition) is 8. The van der Waals surface area contributed by atoms with Crippen LogP contribution in [0.2, 0.25) is 0 Å². The number of benzene rings is 2.